The van der Waals surface area contributed by atoms with Crippen molar-refractivity contribution in [3.63, 3.8) is 0 Å². The SMILES string of the molecule is Cc1cc([S+]2CCCC2)cc(C)c1OCC(=O)OC1(c2ccc(F)cc2)CCCC1. The molecule has 1 aliphatic heterocycles. The van der Waals surface area contributed by atoms with Crippen LogP contribution in [-0.2, 0) is 26.0 Å². The Morgan fingerprint density at radius 1 is 1.00 bits per heavy atom. The van der Waals surface area contributed by atoms with E-state index in [9.17, 15) is 9.18 Å². The highest BCUT2D eigenvalue weighted by Crippen LogP contribution is 2.42. The van der Waals surface area contributed by atoms with E-state index in [1.165, 1.54) is 41.4 Å². The van der Waals surface area contributed by atoms with E-state index in [-0.39, 0.29) is 18.4 Å². The predicted octanol–water partition coefficient (Wildman–Crippen LogP) is 5.61. The summed E-state index contributed by atoms with van der Waals surface area (Å²) in [6, 6.07) is 10.8. The highest BCUT2D eigenvalue weighted by atomic mass is 32.2. The Morgan fingerprint density at radius 2 is 1.60 bits per heavy atom. The second-order valence-corrected chi connectivity index (χ2v) is 10.7. The van der Waals surface area contributed by atoms with Gasteiger partial charge in [-0.15, -0.1) is 0 Å². The molecule has 1 aliphatic carbocycles. The summed E-state index contributed by atoms with van der Waals surface area (Å²) < 4.78 is 25.2. The molecule has 30 heavy (non-hydrogen) atoms. The molecule has 4 rings (SSSR count). The number of rotatable bonds is 6. The van der Waals surface area contributed by atoms with Crippen molar-refractivity contribution in [2.75, 3.05) is 18.1 Å². The highest BCUT2D eigenvalue weighted by molar-refractivity contribution is 7.97. The van der Waals surface area contributed by atoms with Gasteiger partial charge in [-0.25, -0.2) is 9.18 Å². The van der Waals surface area contributed by atoms with Crippen LogP contribution < -0.4 is 4.74 Å². The van der Waals surface area contributed by atoms with Gasteiger partial charge in [0.2, 0.25) is 0 Å². The van der Waals surface area contributed by atoms with Crippen molar-refractivity contribution < 1.29 is 18.7 Å². The molecule has 0 N–H and O–H groups in total. The molecule has 0 bridgehead atoms. The van der Waals surface area contributed by atoms with Gasteiger partial charge in [0, 0.05) is 10.9 Å². The Labute approximate surface area is 181 Å². The minimum absolute atomic E-state index is 0.115. The van der Waals surface area contributed by atoms with E-state index in [4.69, 9.17) is 9.47 Å². The van der Waals surface area contributed by atoms with Crippen molar-refractivity contribution in [1.82, 2.24) is 0 Å². The van der Waals surface area contributed by atoms with Crippen LogP contribution in [0.2, 0.25) is 0 Å². The Bertz CT molecular complexity index is 874. The number of benzene rings is 2. The van der Waals surface area contributed by atoms with Crippen molar-refractivity contribution in [3.8, 4) is 5.75 Å². The van der Waals surface area contributed by atoms with E-state index in [0.717, 1.165) is 48.1 Å². The van der Waals surface area contributed by atoms with Gasteiger partial charge >= 0.3 is 5.97 Å². The number of aryl methyl sites for hydroxylation is 2. The maximum absolute atomic E-state index is 13.3. The molecule has 5 heteroatoms. The van der Waals surface area contributed by atoms with Gasteiger partial charge in [-0.1, -0.05) is 12.1 Å². The normalized spacial score (nSPS) is 18.5. The molecule has 160 valence electrons. The molecular formula is C25H30FO3S+. The Hall–Kier alpha value is -2.01. The minimum atomic E-state index is -0.661. The molecule has 1 heterocycles. The molecule has 0 atom stereocenters. The quantitative estimate of drug-likeness (QED) is 0.443. The fraction of sp³-hybridized carbons (Fsp3) is 0.480. The molecule has 1 saturated heterocycles. The van der Waals surface area contributed by atoms with Crippen LogP contribution in [0.4, 0.5) is 4.39 Å². The molecule has 2 aliphatic rings. The van der Waals surface area contributed by atoms with Crippen LogP contribution in [0.1, 0.15) is 55.2 Å². The third-order valence-electron chi connectivity index (χ3n) is 6.22. The maximum Gasteiger partial charge on any atom is 0.345 e. The molecule has 0 radical (unpaired) electrons. The van der Waals surface area contributed by atoms with Gasteiger partial charge in [0.05, 0.1) is 0 Å². The largest absolute Gasteiger partial charge is 0.481 e. The topological polar surface area (TPSA) is 35.5 Å². The summed E-state index contributed by atoms with van der Waals surface area (Å²) in [4.78, 5) is 14.1. The van der Waals surface area contributed by atoms with Gasteiger partial charge in [0.1, 0.15) is 28.7 Å². The summed E-state index contributed by atoms with van der Waals surface area (Å²) in [5.74, 6) is 2.70. The minimum Gasteiger partial charge on any atom is -0.481 e. The molecule has 2 aromatic carbocycles. The van der Waals surface area contributed by atoms with E-state index in [0.29, 0.717) is 10.9 Å². The molecule has 0 aromatic heterocycles. The lowest BCUT2D eigenvalue weighted by Crippen LogP contribution is -2.32. The highest BCUT2D eigenvalue weighted by Gasteiger charge is 2.39. The van der Waals surface area contributed by atoms with E-state index in [1.54, 1.807) is 12.1 Å². The predicted molar refractivity (Wildman–Crippen MR) is 119 cm³/mol. The number of carbonyl (C=O) groups is 1. The molecule has 0 unspecified atom stereocenters. The second kappa shape index (κ2) is 9.01. The molecule has 1 saturated carbocycles. The van der Waals surface area contributed by atoms with Crippen LogP contribution >= 0.6 is 0 Å². The summed E-state index contributed by atoms with van der Waals surface area (Å²) in [6.45, 7) is 3.98. The number of hydrogen-bond donors (Lipinski definition) is 0. The average Bonchev–Trinajstić information content (AvgIpc) is 3.40. The summed E-state index contributed by atoms with van der Waals surface area (Å²) >= 11 is 0. The van der Waals surface area contributed by atoms with E-state index in [1.807, 2.05) is 13.8 Å². The van der Waals surface area contributed by atoms with Crippen molar-refractivity contribution in [1.29, 1.82) is 0 Å². The van der Waals surface area contributed by atoms with Gasteiger partial charge in [0.25, 0.3) is 0 Å². The van der Waals surface area contributed by atoms with Crippen LogP contribution in [0, 0.1) is 19.7 Å². The Morgan fingerprint density at radius 3 is 2.20 bits per heavy atom. The standard InChI is InChI=1S/C25H30FO3S/c1-18-15-22(30-13-5-6-14-30)16-19(2)24(18)28-17-23(27)29-25(11-3-4-12-25)20-7-9-21(26)10-8-20/h7-10,15-16H,3-6,11-14,17H2,1-2H3/q+1. The fourth-order valence-corrected chi connectivity index (χ4v) is 7.19. The first-order valence-corrected chi connectivity index (χ1v) is 12.4. The van der Waals surface area contributed by atoms with E-state index < -0.39 is 5.60 Å². The first kappa shape index (κ1) is 21.2. The van der Waals surface area contributed by atoms with Gasteiger partial charge in [-0.3, -0.25) is 0 Å². The van der Waals surface area contributed by atoms with Crippen molar-refractivity contribution in [2.24, 2.45) is 0 Å². The smallest absolute Gasteiger partial charge is 0.345 e. The lowest BCUT2D eigenvalue weighted by Gasteiger charge is -2.29. The number of ether oxygens (including phenoxy) is 2. The van der Waals surface area contributed by atoms with Crippen LogP contribution in [0.5, 0.6) is 5.75 Å². The summed E-state index contributed by atoms with van der Waals surface area (Å²) in [7, 11) is 0.362. The van der Waals surface area contributed by atoms with Gasteiger partial charge in [0.15, 0.2) is 11.5 Å². The van der Waals surface area contributed by atoms with E-state index in [2.05, 4.69) is 12.1 Å². The maximum atomic E-state index is 13.3. The van der Waals surface area contributed by atoms with Crippen LogP contribution in [0.3, 0.4) is 0 Å². The van der Waals surface area contributed by atoms with Gasteiger partial charge in [-0.2, -0.15) is 0 Å². The Balaban J connectivity index is 1.43. The third-order valence-corrected chi connectivity index (χ3v) is 8.69. The van der Waals surface area contributed by atoms with Gasteiger partial charge in [-0.05, 0) is 93.3 Å². The number of halogens is 1. The van der Waals surface area contributed by atoms with Crippen LogP contribution in [0.15, 0.2) is 41.3 Å². The number of hydrogen-bond acceptors (Lipinski definition) is 3. The lowest BCUT2D eigenvalue weighted by molar-refractivity contribution is -0.163. The zero-order valence-corrected chi connectivity index (χ0v) is 18.7. The summed E-state index contributed by atoms with van der Waals surface area (Å²) in [5, 5.41) is 0. The molecule has 2 fully saturated rings. The lowest BCUT2D eigenvalue weighted by atomic mass is 9.92. The van der Waals surface area contributed by atoms with Crippen molar-refractivity contribution >= 4 is 16.9 Å². The molecule has 0 spiro atoms. The first-order chi connectivity index (χ1) is 14.5. The van der Waals surface area contributed by atoms with Crippen LogP contribution in [0.25, 0.3) is 0 Å². The summed E-state index contributed by atoms with van der Waals surface area (Å²) in [5.41, 5.74) is 2.35. The molecule has 3 nitrogen and oxygen atoms in total. The Kier molecular flexibility index (Phi) is 6.37. The first-order valence-electron chi connectivity index (χ1n) is 10.9. The zero-order chi connectivity index (χ0) is 21.1. The van der Waals surface area contributed by atoms with E-state index >= 15 is 0 Å². The molecule has 0 amide bonds. The second-order valence-electron chi connectivity index (χ2n) is 8.47. The average molecular weight is 430 g/mol. The van der Waals surface area contributed by atoms with Crippen molar-refractivity contribution in [3.05, 3.63) is 58.9 Å². The number of esters is 1. The molecule has 2 aromatic rings. The molecular weight excluding hydrogens is 399 g/mol. The fourth-order valence-electron chi connectivity index (χ4n) is 4.72. The third kappa shape index (κ3) is 4.51. The van der Waals surface area contributed by atoms with Gasteiger partial charge < -0.3 is 9.47 Å². The number of carbonyl (C=O) groups excluding carboxylic acids is 1. The summed E-state index contributed by atoms with van der Waals surface area (Å²) in [6.07, 6.45) is 6.15. The van der Waals surface area contributed by atoms with Crippen molar-refractivity contribution in [2.45, 2.75) is 62.9 Å². The zero-order valence-electron chi connectivity index (χ0n) is 17.8. The monoisotopic (exact) mass is 429 g/mol. The van der Waals surface area contributed by atoms with Crippen LogP contribution in [-0.4, -0.2) is 24.1 Å².